The average molecular weight is 572 g/mol. The van der Waals surface area contributed by atoms with Gasteiger partial charge in [0, 0.05) is 68.7 Å². The second-order valence-electron chi connectivity index (χ2n) is 10.5. The van der Waals surface area contributed by atoms with Crippen LogP contribution >= 0.6 is 0 Å². The third kappa shape index (κ3) is 5.90. The molecule has 3 aromatic heterocycles. The molecule has 13 heteroatoms. The van der Waals surface area contributed by atoms with Crippen LogP contribution in [0, 0.1) is 0 Å². The number of aromatic nitrogens is 4. The summed E-state index contributed by atoms with van der Waals surface area (Å²) in [4.78, 5) is 24.2. The van der Waals surface area contributed by atoms with E-state index in [0.29, 0.717) is 55.9 Å². The van der Waals surface area contributed by atoms with E-state index in [-0.39, 0.29) is 37.4 Å². The third-order valence-corrected chi connectivity index (χ3v) is 7.79. The molecule has 1 aliphatic heterocycles. The first-order valence-electron chi connectivity index (χ1n) is 13.6. The van der Waals surface area contributed by atoms with E-state index in [1.165, 1.54) is 0 Å². The Morgan fingerprint density at radius 1 is 1.05 bits per heavy atom. The van der Waals surface area contributed by atoms with Gasteiger partial charge in [-0.3, -0.25) is 9.80 Å². The molecule has 1 saturated carbocycles. The summed E-state index contributed by atoms with van der Waals surface area (Å²) < 4.78 is 59.8. The minimum absolute atomic E-state index is 0.0329. The van der Waals surface area contributed by atoms with Gasteiger partial charge in [0.25, 0.3) is 5.89 Å². The molecule has 2 fully saturated rings. The van der Waals surface area contributed by atoms with E-state index in [2.05, 4.69) is 20.1 Å². The summed E-state index contributed by atoms with van der Waals surface area (Å²) in [6.07, 6.45) is 1.46. The number of rotatable bonds is 6. The maximum Gasteiger partial charge on any atom is 0.324 e. The first-order chi connectivity index (χ1) is 19.8. The van der Waals surface area contributed by atoms with Crippen molar-refractivity contribution in [3.63, 3.8) is 0 Å². The van der Waals surface area contributed by atoms with Gasteiger partial charge in [-0.2, -0.15) is 8.78 Å². The number of carbonyl (C=O) groups excluding carboxylic acids is 1. The van der Waals surface area contributed by atoms with Gasteiger partial charge in [-0.05, 0) is 37.1 Å². The Balaban J connectivity index is 1.17. The van der Waals surface area contributed by atoms with Crippen LogP contribution in [0.25, 0.3) is 17.1 Å². The van der Waals surface area contributed by atoms with Crippen molar-refractivity contribution >= 4 is 17.4 Å². The molecule has 6 rings (SSSR count). The van der Waals surface area contributed by atoms with Gasteiger partial charge in [0.1, 0.15) is 5.65 Å². The highest BCUT2D eigenvalue weighted by Crippen LogP contribution is 2.35. The van der Waals surface area contributed by atoms with Gasteiger partial charge >= 0.3 is 12.5 Å². The van der Waals surface area contributed by atoms with Crippen molar-refractivity contribution < 1.29 is 26.8 Å². The fourth-order valence-electron chi connectivity index (χ4n) is 5.56. The first kappa shape index (κ1) is 27.2. The van der Waals surface area contributed by atoms with Gasteiger partial charge in [0.2, 0.25) is 11.8 Å². The Bertz CT molecular complexity index is 1490. The van der Waals surface area contributed by atoms with Crippen LogP contribution in [-0.2, 0) is 6.54 Å². The largest absolute Gasteiger partial charge is 0.415 e. The van der Waals surface area contributed by atoms with Gasteiger partial charge in [0.05, 0.1) is 12.2 Å². The highest BCUT2D eigenvalue weighted by Gasteiger charge is 2.38. The lowest BCUT2D eigenvalue weighted by Crippen LogP contribution is -2.55. The van der Waals surface area contributed by atoms with Crippen LogP contribution in [0.4, 0.5) is 28.0 Å². The number of halogens is 4. The fraction of sp³-hybridized carbons (Fsp3) is 0.429. The van der Waals surface area contributed by atoms with Crippen molar-refractivity contribution in [2.75, 3.05) is 31.1 Å². The molecular weight excluding hydrogens is 542 g/mol. The summed E-state index contributed by atoms with van der Waals surface area (Å²) >= 11 is 0. The van der Waals surface area contributed by atoms with E-state index >= 15 is 0 Å². The molecular formula is C28H29F4N7O2. The van der Waals surface area contributed by atoms with E-state index in [4.69, 9.17) is 4.42 Å². The molecule has 2 amide bonds. The smallest absolute Gasteiger partial charge is 0.324 e. The maximum absolute atomic E-state index is 13.8. The number of nitrogens with zero attached hydrogens (tertiary/aromatic N) is 7. The number of imidazole rings is 1. The third-order valence-electron chi connectivity index (χ3n) is 7.79. The van der Waals surface area contributed by atoms with E-state index in [1.54, 1.807) is 38.7 Å². The predicted octanol–water partition coefficient (Wildman–Crippen LogP) is 5.64. The Hall–Kier alpha value is -4.00. The van der Waals surface area contributed by atoms with Crippen LogP contribution in [0.5, 0.6) is 0 Å². The first-order valence-corrected chi connectivity index (χ1v) is 13.6. The molecule has 0 radical (unpaired) electrons. The molecule has 0 unspecified atom stereocenters. The number of pyridine rings is 1. The molecule has 9 nitrogen and oxygen atoms in total. The zero-order chi connectivity index (χ0) is 28.6. The lowest BCUT2D eigenvalue weighted by atomic mass is 9.91. The molecule has 0 spiro atoms. The molecule has 0 atom stereocenters. The van der Waals surface area contributed by atoms with Gasteiger partial charge < -0.3 is 13.7 Å². The minimum atomic E-state index is -2.86. The predicted molar refractivity (Wildman–Crippen MR) is 142 cm³/mol. The second kappa shape index (κ2) is 11.1. The summed E-state index contributed by atoms with van der Waals surface area (Å²) in [6, 6.07) is 12.6. The number of alkyl halides is 4. The van der Waals surface area contributed by atoms with Crippen molar-refractivity contribution in [3.8, 4) is 11.5 Å². The maximum atomic E-state index is 13.8. The van der Waals surface area contributed by atoms with Crippen LogP contribution in [-0.4, -0.2) is 73.6 Å². The molecule has 41 heavy (non-hydrogen) atoms. The van der Waals surface area contributed by atoms with Crippen molar-refractivity contribution in [1.29, 1.82) is 0 Å². The molecule has 216 valence electrons. The Morgan fingerprint density at radius 3 is 2.46 bits per heavy atom. The zero-order valence-electron chi connectivity index (χ0n) is 22.2. The van der Waals surface area contributed by atoms with Crippen LogP contribution in [0.3, 0.4) is 0 Å². The second-order valence-corrected chi connectivity index (χ2v) is 10.5. The molecule has 0 bridgehead atoms. The quantitative estimate of drug-likeness (QED) is 0.279. The van der Waals surface area contributed by atoms with E-state index in [0.717, 1.165) is 5.69 Å². The summed E-state index contributed by atoms with van der Waals surface area (Å²) in [7, 11) is 0. The van der Waals surface area contributed by atoms with Crippen LogP contribution in [0.2, 0.25) is 0 Å². The van der Waals surface area contributed by atoms with E-state index < -0.39 is 18.2 Å². The normalized spacial score (nSPS) is 18.3. The van der Waals surface area contributed by atoms with Gasteiger partial charge in [-0.25, -0.2) is 18.6 Å². The monoisotopic (exact) mass is 571 g/mol. The lowest BCUT2D eigenvalue weighted by molar-refractivity contribution is -0.0567. The van der Waals surface area contributed by atoms with Gasteiger partial charge in [-0.1, -0.05) is 18.2 Å². The number of piperazine rings is 1. The fourth-order valence-corrected chi connectivity index (χ4v) is 5.56. The Labute approximate surface area is 233 Å². The van der Waals surface area contributed by atoms with Gasteiger partial charge in [0.15, 0.2) is 0 Å². The topological polar surface area (TPSA) is 83.0 Å². The number of hydrogen-bond donors (Lipinski definition) is 0. The molecule has 4 heterocycles. The van der Waals surface area contributed by atoms with Crippen molar-refractivity contribution in [2.45, 2.75) is 50.6 Å². The molecule has 2 aliphatic rings. The number of urea groups is 1. The standard InChI is InChI=1S/C28H29F4N7O2/c29-24(30)26-35-34-25(41-26)19-8-11-38-17-20(33-23(38)16-19)18-39(22-4-2-1-3-5-22)27(40)37-14-12-36(13-15-37)21-6-9-28(31,32)10-7-21/h1-5,8,11,16-17,21,24H,6-7,9-10,12-15,18H2. The number of carbonyl (C=O) groups is 1. The highest BCUT2D eigenvalue weighted by molar-refractivity contribution is 5.92. The number of hydrogen-bond acceptors (Lipinski definition) is 6. The van der Waals surface area contributed by atoms with Gasteiger partial charge in [-0.15, -0.1) is 10.2 Å². The molecule has 4 aromatic rings. The molecule has 0 N–H and O–H groups in total. The minimum Gasteiger partial charge on any atom is -0.415 e. The van der Waals surface area contributed by atoms with Crippen molar-refractivity contribution in [2.24, 2.45) is 0 Å². The average Bonchev–Trinajstić information content (AvgIpc) is 3.63. The van der Waals surface area contributed by atoms with Crippen LogP contribution in [0.1, 0.15) is 43.7 Å². The summed E-state index contributed by atoms with van der Waals surface area (Å²) in [5, 5.41) is 7.07. The van der Waals surface area contributed by atoms with Crippen LogP contribution < -0.4 is 4.90 Å². The lowest BCUT2D eigenvalue weighted by Gasteiger charge is -2.42. The van der Waals surface area contributed by atoms with E-state index in [9.17, 15) is 22.4 Å². The number of fused-ring (bicyclic) bond motifs is 1. The zero-order valence-corrected chi connectivity index (χ0v) is 22.2. The summed E-state index contributed by atoms with van der Waals surface area (Å²) in [5.41, 5.74) is 2.32. The summed E-state index contributed by atoms with van der Waals surface area (Å²) in [5.74, 6) is -3.34. The highest BCUT2D eigenvalue weighted by atomic mass is 19.3. The number of anilines is 1. The summed E-state index contributed by atoms with van der Waals surface area (Å²) in [6.45, 7) is 2.51. The number of amides is 2. The Morgan fingerprint density at radius 2 is 1.78 bits per heavy atom. The van der Waals surface area contributed by atoms with Crippen molar-refractivity contribution in [3.05, 3.63) is 66.4 Å². The number of para-hydroxylation sites is 1. The Kier molecular flexibility index (Phi) is 7.37. The van der Waals surface area contributed by atoms with Crippen molar-refractivity contribution in [1.82, 2.24) is 29.4 Å². The van der Waals surface area contributed by atoms with E-state index in [1.807, 2.05) is 30.3 Å². The SMILES string of the molecule is O=C(N1CCN(C2CCC(F)(F)CC2)CC1)N(Cc1cn2ccc(-c3nnc(C(F)F)o3)cc2n1)c1ccccc1. The molecule has 1 saturated heterocycles. The number of benzene rings is 1. The molecule has 1 aliphatic carbocycles. The molecule has 1 aromatic carbocycles. The van der Waals surface area contributed by atoms with Crippen LogP contribution in [0.15, 0.2) is 59.3 Å².